The molecule has 63 heavy (non-hydrogen) atoms. The Kier molecular flexibility index (Phi) is 33.9. The molecule has 0 N–H and O–H groups in total. The van der Waals surface area contributed by atoms with E-state index in [0.29, 0.717) is 0 Å². The molecular weight excluding hydrogens is 855 g/mol. The molecule has 0 amide bonds. The van der Waals surface area contributed by atoms with Crippen molar-refractivity contribution < 1.29 is 25.1 Å². The third-order valence-electron chi connectivity index (χ3n) is 13.8. The number of benzene rings is 2. The minimum atomic E-state index is 0. The number of hydrogen-bond donors (Lipinski definition) is 0. The molecule has 0 saturated heterocycles. The minimum Gasteiger partial charge on any atom is -0.493 e. The van der Waals surface area contributed by atoms with Gasteiger partial charge in [-0.1, -0.05) is 221 Å². The zero-order valence-electron chi connectivity index (χ0n) is 42.5. The van der Waals surface area contributed by atoms with Gasteiger partial charge >= 0.3 is 0 Å². The zero-order valence-corrected chi connectivity index (χ0v) is 44.1. The first-order chi connectivity index (χ1) is 30.5. The molecular formula is C60H100N2Pd. The van der Waals surface area contributed by atoms with Crippen molar-refractivity contribution in [1.82, 2.24) is 0 Å². The average molecular weight is 956 g/mol. The van der Waals surface area contributed by atoms with Crippen molar-refractivity contribution in [2.24, 2.45) is 0 Å². The largest absolute Gasteiger partial charge is 0.493 e. The topological polar surface area (TPSA) is 25.3 Å². The molecule has 0 spiro atoms. The van der Waals surface area contributed by atoms with E-state index in [0.717, 1.165) is 56.3 Å². The summed E-state index contributed by atoms with van der Waals surface area (Å²) in [5.74, 6) is 0. The monoisotopic (exact) mass is 955 g/mol. The van der Waals surface area contributed by atoms with Gasteiger partial charge in [0, 0.05) is 42.7 Å². The summed E-state index contributed by atoms with van der Waals surface area (Å²) < 4.78 is 1.73. The van der Waals surface area contributed by atoms with Gasteiger partial charge in [-0.25, -0.2) is 4.70 Å². The van der Waals surface area contributed by atoms with E-state index >= 15 is 0 Å². The van der Waals surface area contributed by atoms with Crippen LogP contribution in [0, 0.1) is 0 Å². The van der Waals surface area contributed by atoms with Crippen molar-refractivity contribution >= 4 is 11.4 Å². The van der Waals surface area contributed by atoms with Crippen LogP contribution in [0.15, 0.2) is 47.5 Å². The maximum atomic E-state index is 12.9. The molecule has 1 aliphatic rings. The second kappa shape index (κ2) is 37.3. The second-order valence-corrected chi connectivity index (χ2v) is 19.7. The van der Waals surface area contributed by atoms with Crippen molar-refractivity contribution in [3.63, 3.8) is 0 Å². The van der Waals surface area contributed by atoms with Crippen LogP contribution >= 0.6 is 0 Å². The molecule has 0 unspecified atom stereocenters. The molecule has 0 bridgehead atoms. The first kappa shape index (κ1) is 57.3. The average Bonchev–Trinajstić information content (AvgIpc) is 3.56. The molecule has 2 aromatic carbocycles. The van der Waals surface area contributed by atoms with Crippen LogP contribution in [0.3, 0.4) is 0 Å². The maximum absolute atomic E-state index is 12.9. The van der Waals surface area contributed by atoms with Gasteiger partial charge in [0.15, 0.2) is 0 Å². The van der Waals surface area contributed by atoms with Gasteiger partial charge in [-0.15, -0.1) is 0 Å². The van der Waals surface area contributed by atoms with Crippen molar-refractivity contribution in [3.05, 3.63) is 86.5 Å². The molecule has 0 fully saturated rings. The van der Waals surface area contributed by atoms with E-state index in [1.54, 1.807) is 4.70 Å². The van der Waals surface area contributed by atoms with E-state index in [2.05, 4.69) is 77.9 Å². The molecule has 2 nitrogen and oxygen atoms in total. The first-order valence-electron chi connectivity index (χ1n) is 27.7. The van der Waals surface area contributed by atoms with Gasteiger partial charge < -0.3 is 5.53 Å². The van der Waals surface area contributed by atoms with E-state index in [9.17, 15) is 5.53 Å². The van der Waals surface area contributed by atoms with Gasteiger partial charge in [0.2, 0.25) is 11.4 Å². The zero-order chi connectivity index (χ0) is 44.5. The van der Waals surface area contributed by atoms with Crippen LogP contribution in [0.4, 0.5) is 0 Å². The van der Waals surface area contributed by atoms with Gasteiger partial charge in [-0.3, -0.25) is 0 Å². The Morgan fingerprint density at radius 2 is 0.508 bits per heavy atom. The molecule has 0 atom stereocenters. The van der Waals surface area contributed by atoms with E-state index < -0.39 is 0 Å². The summed E-state index contributed by atoms with van der Waals surface area (Å²) in [4.78, 5) is 0. The fraction of sp³-hybridized carbons (Fsp3) is 0.733. The first-order valence-corrected chi connectivity index (χ1v) is 27.7. The Bertz CT molecular complexity index is 1480. The summed E-state index contributed by atoms with van der Waals surface area (Å²) in [6.45, 7) is 13.9. The van der Waals surface area contributed by atoms with Crippen LogP contribution in [-0.4, -0.2) is 4.70 Å². The number of aryl methyl sites for hydroxylation is 4. The third kappa shape index (κ3) is 23.0. The molecule has 360 valence electrons. The smallest absolute Gasteiger partial charge is 0.211 e. The fourth-order valence-corrected chi connectivity index (χ4v) is 10.0. The summed E-state index contributed by atoms with van der Waals surface area (Å²) in [6, 6.07) is 15.1. The Morgan fingerprint density at radius 3 is 0.778 bits per heavy atom. The van der Waals surface area contributed by atoms with Crippen LogP contribution in [0.5, 0.6) is 0 Å². The molecule has 0 aromatic heterocycles. The molecule has 0 aliphatic carbocycles. The number of unbranched alkanes of at least 4 members (excludes halogenated alkanes) is 26. The molecule has 2 aromatic rings. The standard InChI is InChI=1S/C60H100N2.Pd/c1-7-13-19-24-29-34-39-51-45-52(40-35-30-25-20-14-8-2)48-55(47-51)59-57(43-18-12-6)58(44-38-33-28-23-17-11-5)60(62(59)61)56-49-53(41-36-31-26-21-15-9-3)46-54(50-56)42-37-32-27-22-16-10-4;/h45-50H,7-44H2,1-6H3;. The number of rotatable bonds is 40. The molecule has 3 heteroatoms. The Morgan fingerprint density at radius 1 is 0.286 bits per heavy atom. The van der Waals surface area contributed by atoms with Crippen LogP contribution < -0.4 is 0 Å². The van der Waals surface area contributed by atoms with Crippen LogP contribution in [0.25, 0.3) is 16.9 Å². The Hall–Kier alpha value is -1.82. The minimum absolute atomic E-state index is 0. The van der Waals surface area contributed by atoms with E-state index in [1.165, 1.54) is 244 Å². The van der Waals surface area contributed by atoms with Crippen molar-refractivity contribution in [2.45, 2.75) is 286 Å². The van der Waals surface area contributed by atoms with E-state index in [-0.39, 0.29) is 20.4 Å². The van der Waals surface area contributed by atoms with Crippen molar-refractivity contribution in [2.75, 3.05) is 0 Å². The van der Waals surface area contributed by atoms with Gasteiger partial charge in [-0.05, 0) is 124 Å². The molecule has 1 heterocycles. The van der Waals surface area contributed by atoms with Gasteiger partial charge in [-0.2, -0.15) is 0 Å². The molecule has 0 saturated carbocycles. The molecule has 3 rings (SSSR count). The third-order valence-corrected chi connectivity index (χ3v) is 13.8. The summed E-state index contributed by atoms with van der Waals surface area (Å²) >= 11 is 0. The quantitative estimate of drug-likeness (QED) is 0.0361. The van der Waals surface area contributed by atoms with Crippen LogP contribution in [0.2, 0.25) is 0 Å². The normalized spacial score (nSPS) is 12.9. The molecule has 1 aliphatic heterocycles. The van der Waals surface area contributed by atoms with E-state index in [4.69, 9.17) is 0 Å². The number of hydrogen-bond acceptors (Lipinski definition) is 0. The van der Waals surface area contributed by atoms with Crippen molar-refractivity contribution in [1.29, 1.82) is 0 Å². The summed E-state index contributed by atoms with van der Waals surface area (Å²) in [7, 11) is 0. The molecule has 0 radical (unpaired) electrons. The predicted molar refractivity (Wildman–Crippen MR) is 276 cm³/mol. The van der Waals surface area contributed by atoms with Gasteiger partial charge in [0.05, 0.1) is 0 Å². The van der Waals surface area contributed by atoms with Crippen molar-refractivity contribution in [3.8, 4) is 0 Å². The fourth-order valence-electron chi connectivity index (χ4n) is 10.0. The summed E-state index contributed by atoms with van der Waals surface area (Å²) in [5.41, 5.74) is 26.4. The summed E-state index contributed by atoms with van der Waals surface area (Å²) in [6.07, 6.45) is 48.5. The number of nitrogens with zero attached hydrogens (tertiary/aromatic N) is 2. The van der Waals surface area contributed by atoms with E-state index in [1.807, 2.05) is 0 Å². The number of allylic oxidation sites excluding steroid dienone is 2. The van der Waals surface area contributed by atoms with Gasteiger partial charge in [0.1, 0.15) is 0 Å². The summed E-state index contributed by atoms with van der Waals surface area (Å²) in [5, 5.41) is 0. The SMILES string of the molecule is CCCCCCCCC1=C(c2cc(CCCCCCCC)cc(CCCCCCCC)c2)[N+](=[N-])C(c2cc(CCCCCCCC)cc(CCCCCCCC)c2)=C1CCCC.[Pd]. The Labute approximate surface area is 406 Å². The predicted octanol–water partition coefficient (Wildman–Crippen LogP) is 20.4. The second-order valence-electron chi connectivity index (χ2n) is 19.7. The maximum Gasteiger partial charge on any atom is 0.211 e. The van der Waals surface area contributed by atoms with Crippen LogP contribution in [-0.2, 0) is 46.1 Å². The van der Waals surface area contributed by atoms with Crippen LogP contribution in [0.1, 0.15) is 293 Å². The van der Waals surface area contributed by atoms with Gasteiger partial charge in [0.25, 0.3) is 0 Å². The Balaban J connectivity index is 0.0000137.